The van der Waals surface area contributed by atoms with Crippen molar-refractivity contribution in [2.75, 3.05) is 32.6 Å². The average Bonchev–Trinajstić information content (AvgIpc) is 2.95. The minimum atomic E-state index is -0.850. The van der Waals surface area contributed by atoms with Gasteiger partial charge in [0.2, 0.25) is 0 Å². The molecule has 0 radical (unpaired) electrons. The van der Waals surface area contributed by atoms with E-state index in [1.807, 2.05) is 25.2 Å². The van der Waals surface area contributed by atoms with Crippen LogP contribution in [0.2, 0.25) is 0 Å². The molecule has 0 saturated carbocycles. The minimum Gasteiger partial charge on any atom is -0.388 e. The Morgan fingerprint density at radius 2 is 1.96 bits per heavy atom. The van der Waals surface area contributed by atoms with Gasteiger partial charge in [-0.3, -0.25) is 0 Å². The van der Waals surface area contributed by atoms with Crippen LogP contribution >= 0.6 is 0 Å². The maximum absolute atomic E-state index is 9.82. The number of methoxy groups -OCH3 is 1. The Labute approximate surface area is 164 Å². The lowest BCUT2D eigenvalue weighted by molar-refractivity contribution is -0.0775. The van der Waals surface area contributed by atoms with Crippen molar-refractivity contribution < 1.29 is 9.84 Å². The molecule has 1 aromatic rings. The molecule has 1 heterocycles. The van der Waals surface area contributed by atoms with E-state index >= 15 is 0 Å². The number of likely N-dealkylation sites (tertiary alicyclic amines) is 1. The summed E-state index contributed by atoms with van der Waals surface area (Å²) in [5, 5.41) is 13.0. The van der Waals surface area contributed by atoms with Gasteiger partial charge in [-0.2, -0.15) is 0 Å². The van der Waals surface area contributed by atoms with Crippen LogP contribution in [0.1, 0.15) is 68.8 Å². The van der Waals surface area contributed by atoms with E-state index in [0.29, 0.717) is 5.92 Å². The largest absolute Gasteiger partial charge is 0.388 e. The molecule has 1 aliphatic heterocycles. The molecule has 2 aliphatic rings. The van der Waals surface area contributed by atoms with Crippen molar-refractivity contribution >= 4 is 5.69 Å². The van der Waals surface area contributed by atoms with E-state index in [1.54, 1.807) is 0 Å². The summed E-state index contributed by atoms with van der Waals surface area (Å²) in [5.41, 5.74) is 4.38. The van der Waals surface area contributed by atoms with Crippen LogP contribution in [-0.4, -0.2) is 37.3 Å². The Balaban J connectivity index is 0.000000208. The first-order valence-corrected chi connectivity index (χ1v) is 10.2. The molecule has 2 unspecified atom stereocenters. The smallest absolute Gasteiger partial charge is 0.181 e. The van der Waals surface area contributed by atoms with E-state index in [1.165, 1.54) is 51.6 Å². The van der Waals surface area contributed by atoms with E-state index in [0.717, 1.165) is 29.7 Å². The lowest BCUT2D eigenvalue weighted by Gasteiger charge is -2.26. The van der Waals surface area contributed by atoms with E-state index in [-0.39, 0.29) is 0 Å². The van der Waals surface area contributed by atoms with Crippen LogP contribution in [0.15, 0.2) is 42.6 Å². The van der Waals surface area contributed by atoms with E-state index < -0.39 is 6.29 Å². The molecule has 2 atom stereocenters. The van der Waals surface area contributed by atoms with Crippen LogP contribution in [0.5, 0.6) is 0 Å². The van der Waals surface area contributed by atoms with Crippen molar-refractivity contribution in [3.8, 4) is 0 Å². The topological polar surface area (TPSA) is 44.7 Å². The Bertz CT molecular complexity index is 619. The van der Waals surface area contributed by atoms with Gasteiger partial charge < -0.3 is 20.1 Å². The quantitative estimate of drug-likeness (QED) is 0.532. The number of anilines is 1. The minimum absolute atomic E-state index is 0.392. The standard InChI is InChI=1S/C13H17NO2.C10H19N/c1-14-11-8-4-7-10(13(15)16-2)12(11)9-5-3-6-9;1-3-10(2)11-8-6-4-5-7-9-11/h3-5,7-9,13-15H,6H2,1-2H3;2-9H2,1H3. The number of ether oxygens (including phenoxy) is 1. The van der Waals surface area contributed by atoms with Gasteiger partial charge in [-0.15, -0.1) is 0 Å². The second-order valence-corrected chi connectivity index (χ2v) is 7.24. The first-order chi connectivity index (χ1) is 13.1. The lowest BCUT2D eigenvalue weighted by Crippen LogP contribution is -2.22. The fourth-order valence-corrected chi connectivity index (χ4v) is 3.65. The summed E-state index contributed by atoms with van der Waals surface area (Å²) < 4.78 is 5.00. The highest BCUT2D eigenvalue weighted by Gasteiger charge is 2.23. The van der Waals surface area contributed by atoms with Crippen molar-refractivity contribution in [1.29, 1.82) is 0 Å². The molecule has 1 aliphatic carbocycles. The Kier molecular flexibility index (Phi) is 8.89. The molecular formula is C23H36N2O2. The summed E-state index contributed by atoms with van der Waals surface area (Å²) in [6.45, 7) is 8.74. The second kappa shape index (κ2) is 11.2. The molecule has 3 rings (SSSR count). The third-order valence-electron chi connectivity index (χ3n) is 5.49. The average molecular weight is 373 g/mol. The highest BCUT2D eigenvalue weighted by atomic mass is 16.6. The molecule has 4 heteroatoms. The molecule has 27 heavy (non-hydrogen) atoms. The van der Waals surface area contributed by atoms with Gasteiger partial charge in [0.05, 0.1) is 0 Å². The predicted octanol–water partition coefficient (Wildman–Crippen LogP) is 5.20. The van der Waals surface area contributed by atoms with E-state index in [4.69, 9.17) is 4.74 Å². The van der Waals surface area contributed by atoms with Crippen LogP contribution in [0.3, 0.4) is 0 Å². The highest BCUT2D eigenvalue weighted by molar-refractivity contribution is 5.58. The van der Waals surface area contributed by atoms with Gasteiger partial charge in [0, 0.05) is 50.1 Å². The number of rotatable bonds is 6. The molecule has 0 spiro atoms. The first kappa shape index (κ1) is 21.5. The predicted molar refractivity (Wildman–Crippen MR) is 114 cm³/mol. The van der Waals surface area contributed by atoms with Gasteiger partial charge in [-0.05, 0) is 37.3 Å². The highest BCUT2D eigenvalue weighted by Crippen LogP contribution is 2.38. The molecule has 1 fully saturated rings. The summed E-state index contributed by atoms with van der Waals surface area (Å²) in [4.78, 5) is 2.45. The zero-order chi connectivity index (χ0) is 19.6. The van der Waals surface area contributed by atoms with Crippen molar-refractivity contribution in [2.24, 2.45) is 0 Å². The molecule has 1 saturated heterocycles. The maximum atomic E-state index is 9.82. The lowest BCUT2D eigenvalue weighted by atomic mass is 9.83. The molecule has 1 aromatic carbocycles. The third kappa shape index (κ3) is 5.85. The van der Waals surface area contributed by atoms with Crippen molar-refractivity contribution in [3.63, 3.8) is 0 Å². The number of aliphatic hydroxyl groups is 1. The zero-order valence-electron chi connectivity index (χ0n) is 17.2. The number of nitrogens with one attached hydrogen (secondary N) is 1. The van der Waals surface area contributed by atoms with Gasteiger partial charge in [0.15, 0.2) is 6.29 Å². The van der Waals surface area contributed by atoms with Crippen molar-refractivity contribution in [3.05, 3.63) is 53.8 Å². The van der Waals surface area contributed by atoms with E-state index in [9.17, 15) is 5.11 Å². The Morgan fingerprint density at radius 3 is 2.44 bits per heavy atom. The number of hydrogen-bond acceptors (Lipinski definition) is 4. The summed E-state index contributed by atoms with van der Waals surface area (Å²) in [7, 11) is 3.40. The van der Waals surface area contributed by atoms with Gasteiger partial charge >= 0.3 is 0 Å². The summed E-state index contributed by atoms with van der Waals surface area (Å²) in [6, 6.07) is 5.86. The van der Waals surface area contributed by atoms with Crippen LogP contribution in [-0.2, 0) is 4.74 Å². The fraction of sp³-hybridized carbons (Fsp3) is 0.565. The zero-order valence-corrected chi connectivity index (χ0v) is 17.2. The Hall–Kier alpha value is -1.78. The van der Waals surface area contributed by atoms with Gasteiger partial charge in [0.1, 0.15) is 0 Å². The number of benzene rings is 1. The number of nitrogens with zero attached hydrogens (tertiary/aromatic N) is 1. The fourth-order valence-electron chi connectivity index (χ4n) is 3.65. The summed E-state index contributed by atoms with van der Waals surface area (Å²) in [6.07, 6.45) is 11.1. The van der Waals surface area contributed by atoms with E-state index in [2.05, 4.69) is 35.9 Å². The normalized spacial score (nSPS) is 20.0. The molecule has 150 valence electrons. The monoisotopic (exact) mass is 372 g/mol. The number of hydrogen-bond donors (Lipinski definition) is 2. The molecular weight excluding hydrogens is 336 g/mol. The van der Waals surface area contributed by atoms with Crippen LogP contribution in [0, 0.1) is 0 Å². The molecule has 2 N–H and O–H groups in total. The van der Waals surface area contributed by atoms with Gasteiger partial charge in [0.25, 0.3) is 0 Å². The second-order valence-electron chi connectivity index (χ2n) is 7.24. The summed E-state index contributed by atoms with van der Waals surface area (Å²) in [5.74, 6) is 0.392. The molecule has 0 amide bonds. The van der Waals surface area contributed by atoms with Crippen LogP contribution < -0.4 is 5.32 Å². The number of aliphatic hydroxyl groups excluding tert-OH is 1. The molecule has 4 nitrogen and oxygen atoms in total. The van der Waals surface area contributed by atoms with Crippen LogP contribution in [0.25, 0.3) is 0 Å². The maximum Gasteiger partial charge on any atom is 0.181 e. The molecule has 0 aromatic heterocycles. The van der Waals surface area contributed by atoms with Crippen molar-refractivity contribution in [1.82, 2.24) is 4.90 Å². The Morgan fingerprint density at radius 1 is 1.30 bits per heavy atom. The molecule has 0 bridgehead atoms. The summed E-state index contributed by atoms with van der Waals surface area (Å²) >= 11 is 0. The van der Waals surface area contributed by atoms with Crippen LogP contribution in [0.4, 0.5) is 5.69 Å². The SMILES string of the molecule is C=C(CC)N1CCCCCC1.CNc1cccc(C(O)OC)c1C1C=CC1. The van der Waals surface area contributed by atoms with Crippen molar-refractivity contribution in [2.45, 2.75) is 57.7 Å². The third-order valence-corrected chi connectivity index (χ3v) is 5.49. The first-order valence-electron chi connectivity index (χ1n) is 10.2. The van der Waals surface area contributed by atoms with Gasteiger partial charge in [-0.1, -0.05) is 50.6 Å². The number of allylic oxidation sites excluding steroid dienone is 3. The van der Waals surface area contributed by atoms with Gasteiger partial charge in [-0.25, -0.2) is 0 Å².